The van der Waals surface area contributed by atoms with Gasteiger partial charge >= 0.3 is 0 Å². The highest BCUT2D eigenvalue weighted by Gasteiger charge is 2.31. The molecule has 0 unspecified atom stereocenters. The standard InChI is InChI=1S/C21H23N3O5S2/c25-21(10-13-24-12-9-16-3-1-2-4-20(16)24)22-17-5-7-19(8-6-17)31(28,29)23-18-11-14-30(26,27)15-18/h1-9,12,18,23H,10-11,13-15H2,(H,22,25)/t18-/m1/s1. The van der Waals surface area contributed by atoms with Crippen molar-refractivity contribution in [1.82, 2.24) is 9.29 Å². The molecule has 2 aromatic carbocycles. The second kappa shape index (κ2) is 8.45. The van der Waals surface area contributed by atoms with Crippen molar-refractivity contribution in [2.24, 2.45) is 0 Å². The lowest BCUT2D eigenvalue weighted by Crippen LogP contribution is -2.35. The third-order valence-corrected chi connectivity index (χ3v) is 8.57. The number of hydrogen-bond acceptors (Lipinski definition) is 5. The van der Waals surface area contributed by atoms with Gasteiger partial charge in [-0.15, -0.1) is 0 Å². The first-order valence-electron chi connectivity index (χ1n) is 9.88. The van der Waals surface area contributed by atoms with Crippen LogP contribution in [-0.4, -0.2) is 44.9 Å². The third-order valence-electron chi connectivity index (χ3n) is 5.26. The van der Waals surface area contributed by atoms with Crippen LogP contribution in [0.25, 0.3) is 10.9 Å². The van der Waals surface area contributed by atoms with Gasteiger partial charge in [0.2, 0.25) is 15.9 Å². The predicted molar refractivity (Wildman–Crippen MR) is 119 cm³/mol. The summed E-state index contributed by atoms with van der Waals surface area (Å²) >= 11 is 0. The molecule has 0 bridgehead atoms. The zero-order valence-corrected chi connectivity index (χ0v) is 18.3. The van der Waals surface area contributed by atoms with Crippen LogP contribution in [0.15, 0.2) is 65.7 Å². The number of rotatable bonds is 7. The SMILES string of the molecule is O=C(CCn1ccc2ccccc21)Nc1ccc(S(=O)(=O)N[C@@H]2CCS(=O)(=O)C2)cc1. The number of carbonyl (C=O) groups excluding carboxylic acids is 1. The zero-order valence-electron chi connectivity index (χ0n) is 16.7. The molecule has 1 aliphatic rings. The molecule has 0 saturated carbocycles. The predicted octanol–water partition coefficient (Wildman–Crippen LogP) is 2.14. The van der Waals surface area contributed by atoms with Crippen LogP contribution in [0.2, 0.25) is 0 Å². The van der Waals surface area contributed by atoms with E-state index >= 15 is 0 Å². The van der Waals surface area contributed by atoms with Crippen LogP contribution < -0.4 is 10.0 Å². The van der Waals surface area contributed by atoms with Crippen LogP contribution in [0.1, 0.15) is 12.8 Å². The van der Waals surface area contributed by atoms with Gasteiger partial charge in [-0.2, -0.15) is 0 Å². The Kier molecular flexibility index (Phi) is 5.87. The second-order valence-electron chi connectivity index (χ2n) is 7.61. The summed E-state index contributed by atoms with van der Waals surface area (Å²) in [5, 5.41) is 3.88. The number of anilines is 1. The average Bonchev–Trinajstić information content (AvgIpc) is 3.29. The minimum Gasteiger partial charge on any atom is -0.347 e. The van der Waals surface area contributed by atoms with Gasteiger partial charge in [0.1, 0.15) is 0 Å². The average molecular weight is 462 g/mol. The lowest BCUT2D eigenvalue weighted by molar-refractivity contribution is -0.116. The lowest BCUT2D eigenvalue weighted by atomic mass is 10.2. The number of aryl methyl sites for hydroxylation is 1. The number of hydrogen-bond donors (Lipinski definition) is 2. The molecule has 0 spiro atoms. The highest BCUT2D eigenvalue weighted by atomic mass is 32.2. The number of amides is 1. The van der Waals surface area contributed by atoms with Crippen LogP contribution in [0.3, 0.4) is 0 Å². The maximum absolute atomic E-state index is 12.5. The first-order valence-corrected chi connectivity index (χ1v) is 13.2. The summed E-state index contributed by atoms with van der Waals surface area (Å²) < 4.78 is 52.5. The van der Waals surface area contributed by atoms with Gasteiger partial charge in [-0.25, -0.2) is 21.6 Å². The molecule has 1 atom stereocenters. The van der Waals surface area contributed by atoms with Crippen molar-refractivity contribution in [3.8, 4) is 0 Å². The molecule has 1 saturated heterocycles. The van der Waals surface area contributed by atoms with E-state index in [1.165, 1.54) is 24.3 Å². The Morgan fingerprint density at radius 2 is 1.81 bits per heavy atom. The molecular weight excluding hydrogens is 438 g/mol. The van der Waals surface area contributed by atoms with Crippen LogP contribution in [0, 0.1) is 0 Å². The Bertz CT molecular complexity index is 1310. The first kappa shape index (κ1) is 21.5. The monoisotopic (exact) mass is 461 g/mol. The number of fused-ring (bicyclic) bond motifs is 1. The molecule has 4 rings (SSSR count). The van der Waals surface area contributed by atoms with E-state index in [4.69, 9.17) is 0 Å². The van der Waals surface area contributed by atoms with E-state index in [1.807, 2.05) is 41.1 Å². The van der Waals surface area contributed by atoms with Crippen molar-refractivity contribution < 1.29 is 21.6 Å². The Morgan fingerprint density at radius 3 is 2.52 bits per heavy atom. The molecule has 0 aliphatic carbocycles. The summed E-state index contributed by atoms with van der Waals surface area (Å²) in [5.41, 5.74) is 1.55. The number of sulfonamides is 1. The lowest BCUT2D eigenvalue weighted by Gasteiger charge is -2.12. The van der Waals surface area contributed by atoms with Crippen molar-refractivity contribution in [2.75, 3.05) is 16.8 Å². The summed E-state index contributed by atoms with van der Waals surface area (Å²) in [4.78, 5) is 12.3. The van der Waals surface area contributed by atoms with Crippen LogP contribution in [0.5, 0.6) is 0 Å². The van der Waals surface area contributed by atoms with E-state index in [-0.39, 0.29) is 35.2 Å². The van der Waals surface area contributed by atoms with E-state index in [1.54, 1.807) is 0 Å². The fourth-order valence-corrected chi connectivity index (χ4v) is 6.72. The largest absolute Gasteiger partial charge is 0.347 e. The van der Waals surface area contributed by atoms with Crippen molar-refractivity contribution in [2.45, 2.75) is 30.3 Å². The molecule has 164 valence electrons. The van der Waals surface area contributed by atoms with E-state index in [0.717, 1.165) is 10.9 Å². The van der Waals surface area contributed by atoms with Gasteiger partial charge in [0, 0.05) is 36.4 Å². The number of nitrogens with zero attached hydrogens (tertiary/aromatic N) is 1. The van der Waals surface area contributed by atoms with Gasteiger partial charge in [-0.3, -0.25) is 4.79 Å². The Hall–Kier alpha value is -2.69. The highest BCUT2D eigenvalue weighted by molar-refractivity contribution is 7.92. The molecule has 0 radical (unpaired) electrons. The number of para-hydroxylation sites is 1. The summed E-state index contributed by atoms with van der Waals surface area (Å²) in [5.74, 6) is -0.372. The van der Waals surface area contributed by atoms with Gasteiger partial charge in [-0.1, -0.05) is 18.2 Å². The molecular formula is C21H23N3O5S2. The van der Waals surface area contributed by atoms with Gasteiger partial charge in [0.15, 0.2) is 9.84 Å². The van der Waals surface area contributed by atoms with E-state index in [0.29, 0.717) is 12.2 Å². The minimum absolute atomic E-state index is 0.00996. The fourth-order valence-electron chi connectivity index (χ4n) is 3.67. The smallest absolute Gasteiger partial charge is 0.240 e. The molecule has 10 heteroatoms. The topological polar surface area (TPSA) is 114 Å². The highest BCUT2D eigenvalue weighted by Crippen LogP contribution is 2.19. The maximum atomic E-state index is 12.5. The van der Waals surface area contributed by atoms with Crippen LogP contribution >= 0.6 is 0 Å². The summed E-state index contributed by atoms with van der Waals surface area (Å²) in [6.45, 7) is 0.528. The molecule has 1 aliphatic heterocycles. The molecule has 3 aromatic rings. The second-order valence-corrected chi connectivity index (χ2v) is 11.6. The number of sulfone groups is 1. The summed E-state index contributed by atoms with van der Waals surface area (Å²) in [7, 11) is -7.01. The van der Waals surface area contributed by atoms with E-state index < -0.39 is 25.9 Å². The van der Waals surface area contributed by atoms with Crippen LogP contribution in [0.4, 0.5) is 5.69 Å². The van der Waals surface area contributed by atoms with Crippen molar-refractivity contribution >= 4 is 42.4 Å². The Morgan fingerprint density at radius 1 is 1.06 bits per heavy atom. The number of nitrogens with one attached hydrogen (secondary N) is 2. The van der Waals surface area contributed by atoms with Gasteiger partial charge in [-0.05, 0) is 48.2 Å². The maximum Gasteiger partial charge on any atom is 0.240 e. The van der Waals surface area contributed by atoms with Gasteiger partial charge in [0.25, 0.3) is 0 Å². The molecule has 8 nitrogen and oxygen atoms in total. The van der Waals surface area contributed by atoms with E-state index in [9.17, 15) is 21.6 Å². The summed E-state index contributed by atoms with van der Waals surface area (Å²) in [6.07, 6.45) is 2.49. The fraction of sp³-hybridized carbons (Fsp3) is 0.286. The summed E-state index contributed by atoms with van der Waals surface area (Å²) in [6, 6.07) is 15.1. The van der Waals surface area contributed by atoms with Crippen molar-refractivity contribution in [1.29, 1.82) is 0 Å². The van der Waals surface area contributed by atoms with Crippen molar-refractivity contribution in [3.05, 3.63) is 60.8 Å². The minimum atomic E-state index is -3.83. The number of aromatic nitrogens is 1. The Labute approximate surface area is 181 Å². The number of carbonyl (C=O) groups is 1. The Balaban J connectivity index is 1.34. The third kappa shape index (κ3) is 5.15. The quantitative estimate of drug-likeness (QED) is 0.560. The van der Waals surface area contributed by atoms with Crippen molar-refractivity contribution in [3.63, 3.8) is 0 Å². The normalized spacial score (nSPS) is 18.3. The number of benzene rings is 2. The van der Waals surface area contributed by atoms with Crippen LogP contribution in [-0.2, 0) is 31.2 Å². The van der Waals surface area contributed by atoms with Gasteiger partial charge < -0.3 is 9.88 Å². The molecule has 31 heavy (non-hydrogen) atoms. The first-order chi connectivity index (χ1) is 14.7. The van der Waals surface area contributed by atoms with E-state index in [2.05, 4.69) is 10.0 Å². The van der Waals surface area contributed by atoms with Gasteiger partial charge in [0.05, 0.1) is 16.4 Å². The molecule has 1 fully saturated rings. The molecule has 1 amide bonds. The zero-order chi connectivity index (χ0) is 22.1. The molecule has 2 heterocycles. The molecule has 1 aromatic heterocycles. The molecule has 2 N–H and O–H groups in total.